The zero-order valence-corrected chi connectivity index (χ0v) is 13.4. The van der Waals surface area contributed by atoms with Gasteiger partial charge in [-0.15, -0.1) is 0 Å². The molecule has 0 unspecified atom stereocenters. The zero-order valence-electron chi connectivity index (χ0n) is 13.4. The molecule has 3 heterocycles. The van der Waals surface area contributed by atoms with Crippen molar-refractivity contribution in [2.45, 2.75) is 25.8 Å². The van der Waals surface area contributed by atoms with E-state index >= 15 is 0 Å². The number of likely N-dealkylation sites (tertiary alicyclic amines) is 1. The van der Waals surface area contributed by atoms with E-state index in [4.69, 9.17) is 4.42 Å². The van der Waals surface area contributed by atoms with Crippen molar-refractivity contribution in [1.82, 2.24) is 15.2 Å². The fourth-order valence-electron chi connectivity index (χ4n) is 2.80. The van der Waals surface area contributed by atoms with Gasteiger partial charge in [-0.3, -0.25) is 14.4 Å². The number of pyridine rings is 1. The van der Waals surface area contributed by atoms with Gasteiger partial charge < -0.3 is 19.6 Å². The van der Waals surface area contributed by atoms with Crippen molar-refractivity contribution in [3.05, 3.63) is 46.4 Å². The van der Waals surface area contributed by atoms with Crippen LogP contribution in [-0.2, 0) is 4.79 Å². The van der Waals surface area contributed by atoms with Gasteiger partial charge in [0.2, 0.25) is 5.91 Å². The van der Waals surface area contributed by atoms with Crippen LogP contribution >= 0.6 is 0 Å². The van der Waals surface area contributed by atoms with Gasteiger partial charge in [0.25, 0.3) is 11.5 Å². The maximum absolute atomic E-state index is 12.3. The number of H-pyrrole nitrogens is 1. The maximum Gasteiger partial charge on any atom is 0.261 e. The Morgan fingerprint density at radius 2 is 2.21 bits per heavy atom. The van der Waals surface area contributed by atoms with Gasteiger partial charge in [-0.2, -0.15) is 0 Å². The van der Waals surface area contributed by atoms with E-state index in [1.807, 2.05) is 6.92 Å². The van der Waals surface area contributed by atoms with Gasteiger partial charge >= 0.3 is 0 Å². The molecule has 1 aliphatic heterocycles. The van der Waals surface area contributed by atoms with Crippen molar-refractivity contribution in [3.8, 4) is 11.5 Å². The topological polar surface area (TPSA) is 95.4 Å². The second kappa shape index (κ2) is 6.74. The highest BCUT2D eigenvalue weighted by atomic mass is 16.3. The summed E-state index contributed by atoms with van der Waals surface area (Å²) >= 11 is 0. The molecular weight excluding hydrogens is 310 g/mol. The lowest BCUT2D eigenvalue weighted by Gasteiger charge is -2.21. The zero-order chi connectivity index (χ0) is 17.1. The minimum atomic E-state index is -0.481. The lowest BCUT2D eigenvalue weighted by molar-refractivity contribution is -0.127. The second-order valence-corrected chi connectivity index (χ2v) is 5.91. The van der Waals surface area contributed by atoms with Gasteiger partial charge in [-0.05, 0) is 37.6 Å². The number of furan rings is 1. The molecule has 0 spiro atoms. The molecule has 2 N–H and O–H groups in total. The van der Waals surface area contributed by atoms with E-state index < -0.39 is 11.5 Å². The monoisotopic (exact) mass is 329 g/mol. The van der Waals surface area contributed by atoms with E-state index in [1.165, 1.54) is 12.3 Å². The minimum absolute atomic E-state index is 0.0323. The molecule has 0 aromatic carbocycles. The van der Waals surface area contributed by atoms with E-state index in [9.17, 15) is 14.4 Å². The first-order valence-electron chi connectivity index (χ1n) is 7.90. The molecule has 1 atom stereocenters. The molecule has 2 aromatic heterocycles. The van der Waals surface area contributed by atoms with Gasteiger partial charge in [0, 0.05) is 25.6 Å². The van der Waals surface area contributed by atoms with Gasteiger partial charge in [0.05, 0.1) is 12.0 Å². The Hall–Kier alpha value is -2.83. The number of carbonyl (C=O) groups is 2. The van der Waals surface area contributed by atoms with Crippen LogP contribution in [0.5, 0.6) is 0 Å². The molecule has 0 aliphatic carbocycles. The van der Waals surface area contributed by atoms with Crippen molar-refractivity contribution >= 4 is 11.8 Å². The molecule has 1 fully saturated rings. The Labute approximate surface area is 138 Å². The number of hydrogen-bond donors (Lipinski definition) is 2. The van der Waals surface area contributed by atoms with Crippen molar-refractivity contribution in [2.75, 3.05) is 13.1 Å². The molecule has 126 valence electrons. The normalized spacial score (nSPS) is 15.5. The molecule has 7 heteroatoms. The van der Waals surface area contributed by atoms with Gasteiger partial charge in [-0.25, -0.2) is 0 Å². The van der Waals surface area contributed by atoms with Crippen molar-refractivity contribution in [2.24, 2.45) is 0 Å². The van der Waals surface area contributed by atoms with Crippen molar-refractivity contribution < 1.29 is 14.0 Å². The number of aromatic amines is 1. The smallest absolute Gasteiger partial charge is 0.261 e. The predicted octanol–water partition coefficient (Wildman–Crippen LogP) is 1.38. The Morgan fingerprint density at radius 1 is 1.38 bits per heavy atom. The third-order valence-electron chi connectivity index (χ3n) is 3.98. The van der Waals surface area contributed by atoms with Crippen molar-refractivity contribution in [1.29, 1.82) is 0 Å². The molecule has 2 amide bonds. The van der Waals surface area contributed by atoms with Crippen LogP contribution in [-0.4, -0.2) is 40.8 Å². The fourth-order valence-corrected chi connectivity index (χ4v) is 2.80. The summed E-state index contributed by atoms with van der Waals surface area (Å²) in [4.78, 5) is 40.4. The van der Waals surface area contributed by atoms with Crippen LogP contribution in [0, 0.1) is 0 Å². The first-order valence-corrected chi connectivity index (χ1v) is 7.90. The summed E-state index contributed by atoms with van der Waals surface area (Å²) in [5, 5.41) is 2.76. The lowest BCUT2D eigenvalue weighted by Crippen LogP contribution is -2.43. The third-order valence-corrected chi connectivity index (χ3v) is 3.98. The average molecular weight is 329 g/mol. The largest absolute Gasteiger partial charge is 0.463 e. The third kappa shape index (κ3) is 3.40. The summed E-state index contributed by atoms with van der Waals surface area (Å²) in [5.74, 6) is 0.179. The van der Waals surface area contributed by atoms with Crippen LogP contribution in [0.1, 0.15) is 30.1 Å². The number of rotatable bonds is 5. The number of nitrogens with one attached hydrogen (secondary N) is 2. The number of nitrogens with zero attached hydrogens (tertiary/aromatic N) is 1. The number of hydrogen-bond acceptors (Lipinski definition) is 4. The lowest BCUT2D eigenvalue weighted by atomic mass is 10.2. The van der Waals surface area contributed by atoms with Crippen LogP contribution in [0.2, 0.25) is 0 Å². The molecule has 24 heavy (non-hydrogen) atoms. The SMILES string of the molecule is C[C@@H](CN1CCCC1=O)NC(=O)c1ccc(-c2ccco2)[nH]c1=O. The molecule has 0 radical (unpaired) electrons. The summed E-state index contributed by atoms with van der Waals surface area (Å²) < 4.78 is 5.22. The fraction of sp³-hybridized carbons (Fsp3) is 0.353. The molecular formula is C17H19N3O4. The standard InChI is InChI=1S/C17H19N3O4/c1-11(10-20-8-2-5-15(20)21)18-16(22)12-6-7-13(19-17(12)23)14-4-3-9-24-14/h3-4,6-7,9,11H,2,5,8,10H2,1H3,(H,18,22)(H,19,23)/t11-/m0/s1. The quantitative estimate of drug-likeness (QED) is 0.866. The molecule has 2 aromatic rings. The minimum Gasteiger partial charge on any atom is -0.463 e. The summed E-state index contributed by atoms with van der Waals surface area (Å²) in [6.07, 6.45) is 2.93. The Kier molecular flexibility index (Phi) is 4.50. The molecule has 1 aliphatic rings. The van der Waals surface area contributed by atoms with Crippen LogP contribution in [0.25, 0.3) is 11.5 Å². The van der Waals surface area contributed by atoms with Gasteiger partial charge in [0.1, 0.15) is 11.3 Å². The summed E-state index contributed by atoms with van der Waals surface area (Å²) in [6, 6.07) is 6.31. The van der Waals surface area contributed by atoms with E-state index in [1.54, 1.807) is 23.1 Å². The van der Waals surface area contributed by atoms with Gasteiger partial charge in [0.15, 0.2) is 0 Å². The average Bonchev–Trinajstić information content (AvgIpc) is 3.19. The summed E-state index contributed by atoms with van der Waals surface area (Å²) in [5.41, 5.74) is 0.0630. The Morgan fingerprint density at radius 3 is 2.83 bits per heavy atom. The highest BCUT2D eigenvalue weighted by molar-refractivity contribution is 5.94. The van der Waals surface area contributed by atoms with Crippen LogP contribution < -0.4 is 10.9 Å². The van der Waals surface area contributed by atoms with Gasteiger partial charge in [-0.1, -0.05) is 0 Å². The van der Waals surface area contributed by atoms with E-state index in [0.29, 0.717) is 24.4 Å². The van der Waals surface area contributed by atoms with Crippen LogP contribution in [0.15, 0.2) is 39.7 Å². The first kappa shape index (κ1) is 16.0. The number of aromatic nitrogens is 1. The highest BCUT2D eigenvalue weighted by Gasteiger charge is 2.23. The van der Waals surface area contributed by atoms with E-state index in [-0.39, 0.29) is 17.5 Å². The van der Waals surface area contributed by atoms with E-state index in [2.05, 4.69) is 10.3 Å². The molecule has 7 nitrogen and oxygen atoms in total. The predicted molar refractivity (Wildman–Crippen MR) is 87.5 cm³/mol. The number of amides is 2. The molecule has 0 saturated carbocycles. The molecule has 0 bridgehead atoms. The van der Waals surface area contributed by atoms with E-state index in [0.717, 1.165) is 13.0 Å². The highest BCUT2D eigenvalue weighted by Crippen LogP contribution is 2.15. The summed E-state index contributed by atoms with van der Waals surface area (Å²) in [6.45, 7) is 2.99. The number of carbonyl (C=O) groups excluding carboxylic acids is 2. The maximum atomic E-state index is 12.3. The summed E-state index contributed by atoms with van der Waals surface area (Å²) in [7, 11) is 0. The first-order chi connectivity index (χ1) is 11.5. The van der Waals surface area contributed by atoms with Crippen LogP contribution in [0.4, 0.5) is 0 Å². The molecule has 1 saturated heterocycles. The Bertz CT molecular complexity index is 794. The van der Waals surface area contributed by atoms with Crippen LogP contribution in [0.3, 0.4) is 0 Å². The van der Waals surface area contributed by atoms with Crippen molar-refractivity contribution in [3.63, 3.8) is 0 Å². The molecule has 3 rings (SSSR count). The Balaban J connectivity index is 1.66. The second-order valence-electron chi connectivity index (χ2n) is 5.91.